The summed E-state index contributed by atoms with van der Waals surface area (Å²) in [6, 6.07) is 10.2. The minimum absolute atomic E-state index is 0.00966. The first-order valence-corrected chi connectivity index (χ1v) is 6.65. The van der Waals surface area contributed by atoms with Gasteiger partial charge in [-0.2, -0.15) is 0 Å². The molecule has 104 valence electrons. The molecule has 2 aromatic carbocycles. The molecule has 3 nitrogen and oxygen atoms in total. The predicted molar refractivity (Wildman–Crippen MR) is 78.6 cm³/mol. The lowest BCUT2D eigenvalue weighted by Gasteiger charge is -2.08. The molecule has 0 radical (unpaired) electrons. The molecule has 20 heavy (non-hydrogen) atoms. The first-order valence-electron chi connectivity index (χ1n) is 6.27. The molecule has 0 saturated heterocycles. The highest BCUT2D eigenvalue weighted by Crippen LogP contribution is 2.30. The van der Waals surface area contributed by atoms with Gasteiger partial charge in [0.25, 0.3) is 0 Å². The van der Waals surface area contributed by atoms with E-state index in [-0.39, 0.29) is 29.3 Å². The number of phenols is 2. The summed E-state index contributed by atoms with van der Waals surface area (Å²) in [5.41, 5.74) is 1.67. The Bertz CT molecular complexity index is 610. The Hall–Kier alpha value is -2.00. The van der Waals surface area contributed by atoms with Crippen LogP contribution in [0, 0.1) is 6.92 Å². The van der Waals surface area contributed by atoms with Crippen molar-refractivity contribution in [3.63, 3.8) is 0 Å². The third kappa shape index (κ3) is 3.31. The molecule has 0 aliphatic rings. The van der Waals surface area contributed by atoms with E-state index >= 15 is 0 Å². The lowest BCUT2D eigenvalue weighted by Crippen LogP contribution is -2.02. The lowest BCUT2D eigenvalue weighted by atomic mass is 10.00. The number of Topliss-reactive ketones (excluding diaryl/α,β-unsaturated/α-hetero) is 1. The van der Waals surface area contributed by atoms with Crippen LogP contribution < -0.4 is 0 Å². The van der Waals surface area contributed by atoms with E-state index in [4.69, 9.17) is 11.6 Å². The molecule has 0 heterocycles. The van der Waals surface area contributed by atoms with Gasteiger partial charge in [-0.1, -0.05) is 23.7 Å². The summed E-state index contributed by atoms with van der Waals surface area (Å²) in [6.07, 6.45) is 0.745. The van der Waals surface area contributed by atoms with E-state index < -0.39 is 0 Å². The third-order valence-corrected chi connectivity index (χ3v) is 3.33. The van der Waals surface area contributed by atoms with Crippen LogP contribution in [0.2, 0.25) is 5.02 Å². The molecule has 0 bridgehead atoms. The number of aromatic hydroxyl groups is 2. The lowest BCUT2D eigenvalue weighted by molar-refractivity contribution is 0.0977. The molecule has 0 amide bonds. The fourth-order valence-electron chi connectivity index (χ4n) is 2.07. The Balaban J connectivity index is 2.11. The van der Waals surface area contributed by atoms with Gasteiger partial charge in [0.1, 0.15) is 17.1 Å². The van der Waals surface area contributed by atoms with Crippen molar-refractivity contribution in [2.24, 2.45) is 0 Å². The fraction of sp³-hybridized carbons (Fsp3) is 0.188. The molecule has 0 fully saturated rings. The molecule has 0 saturated carbocycles. The molecule has 2 rings (SSSR count). The Morgan fingerprint density at radius 1 is 1.10 bits per heavy atom. The summed E-state index contributed by atoms with van der Waals surface area (Å²) in [5.74, 6) is -0.637. The maximum atomic E-state index is 12.1. The standard InChI is InChI=1S/C16H15ClO3/c1-10-8-14(19)16(15(20)9-10)13(18)7-4-11-2-5-12(17)6-3-11/h2-3,5-6,8-9,19-20H,4,7H2,1H3. The summed E-state index contributed by atoms with van der Waals surface area (Å²) in [5, 5.41) is 20.2. The van der Waals surface area contributed by atoms with Gasteiger partial charge in [0.15, 0.2) is 5.78 Å². The van der Waals surface area contributed by atoms with Crippen molar-refractivity contribution in [3.05, 3.63) is 58.1 Å². The number of carbonyl (C=O) groups excluding carboxylic acids is 1. The second-order valence-electron chi connectivity index (χ2n) is 4.73. The predicted octanol–water partition coefficient (Wildman–Crippen LogP) is 3.88. The average Bonchev–Trinajstić information content (AvgIpc) is 2.37. The van der Waals surface area contributed by atoms with Gasteiger partial charge in [0, 0.05) is 11.4 Å². The molecule has 0 unspecified atom stereocenters. The smallest absolute Gasteiger partial charge is 0.170 e. The first kappa shape index (κ1) is 14.4. The highest BCUT2D eigenvalue weighted by atomic mass is 35.5. The summed E-state index contributed by atoms with van der Waals surface area (Å²) in [4.78, 5) is 12.1. The minimum Gasteiger partial charge on any atom is -0.507 e. The number of benzene rings is 2. The van der Waals surface area contributed by atoms with E-state index in [0.29, 0.717) is 17.0 Å². The first-order chi connectivity index (χ1) is 9.47. The maximum absolute atomic E-state index is 12.1. The monoisotopic (exact) mass is 290 g/mol. The van der Waals surface area contributed by atoms with Gasteiger partial charge >= 0.3 is 0 Å². The third-order valence-electron chi connectivity index (χ3n) is 3.07. The van der Waals surface area contributed by atoms with Crippen LogP contribution in [-0.4, -0.2) is 16.0 Å². The van der Waals surface area contributed by atoms with Gasteiger partial charge in [0.2, 0.25) is 0 Å². The Morgan fingerprint density at radius 2 is 1.65 bits per heavy atom. The average molecular weight is 291 g/mol. The number of hydrogen-bond donors (Lipinski definition) is 2. The van der Waals surface area contributed by atoms with E-state index in [1.807, 2.05) is 12.1 Å². The van der Waals surface area contributed by atoms with E-state index in [2.05, 4.69) is 0 Å². The summed E-state index contributed by atoms with van der Waals surface area (Å²) in [7, 11) is 0. The zero-order chi connectivity index (χ0) is 14.7. The van der Waals surface area contributed by atoms with Crippen molar-refractivity contribution in [2.45, 2.75) is 19.8 Å². The number of carbonyl (C=O) groups is 1. The van der Waals surface area contributed by atoms with Gasteiger partial charge < -0.3 is 10.2 Å². The van der Waals surface area contributed by atoms with Crippen molar-refractivity contribution in [2.75, 3.05) is 0 Å². The Kier molecular flexibility index (Phi) is 4.30. The number of ketones is 1. The van der Waals surface area contributed by atoms with Gasteiger partial charge in [0.05, 0.1) is 0 Å². The molecule has 2 aromatic rings. The number of rotatable bonds is 4. The molecule has 4 heteroatoms. The van der Waals surface area contributed by atoms with Crippen LogP contribution in [0.4, 0.5) is 0 Å². The van der Waals surface area contributed by atoms with Crippen molar-refractivity contribution < 1.29 is 15.0 Å². The summed E-state index contributed by atoms with van der Waals surface area (Å²) in [6.45, 7) is 1.74. The van der Waals surface area contributed by atoms with Crippen LogP contribution in [0.25, 0.3) is 0 Å². The number of aryl methyl sites for hydroxylation is 2. The molecule has 0 aliphatic carbocycles. The fourth-order valence-corrected chi connectivity index (χ4v) is 2.19. The van der Waals surface area contributed by atoms with Crippen LogP contribution in [-0.2, 0) is 6.42 Å². The summed E-state index contributed by atoms with van der Waals surface area (Å²) >= 11 is 5.79. The Morgan fingerprint density at radius 3 is 2.20 bits per heavy atom. The van der Waals surface area contributed by atoms with Crippen molar-refractivity contribution in [1.29, 1.82) is 0 Å². The molecular formula is C16H15ClO3. The van der Waals surface area contributed by atoms with Crippen molar-refractivity contribution >= 4 is 17.4 Å². The zero-order valence-electron chi connectivity index (χ0n) is 11.1. The van der Waals surface area contributed by atoms with Gasteiger partial charge in [-0.05, 0) is 48.7 Å². The van der Waals surface area contributed by atoms with Crippen molar-refractivity contribution in [3.8, 4) is 11.5 Å². The van der Waals surface area contributed by atoms with Crippen molar-refractivity contribution in [1.82, 2.24) is 0 Å². The van der Waals surface area contributed by atoms with Crippen LogP contribution in [0.3, 0.4) is 0 Å². The van der Waals surface area contributed by atoms with E-state index in [9.17, 15) is 15.0 Å². The molecule has 0 spiro atoms. The Labute approximate surface area is 122 Å². The highest BCUT2D eigenvalue weighted by molar-refractivity contribution is 6.30. The molecule has 0 aliphatic heterocycles. The zero-order valence-corrected chi connectivity index (χ0v) is 11.8. The highest BCUT2D eigenvalue weighted by Gasteiger charge is 2.16. The summed E-state index contributed by atoms with van der Waals surface area (Å²) < 4.78 is 0. The van der Waals surface area contributed by atoms with E-state index in [0.717, 1.165) is 5.56 Å². The second-order valence-corrected chi connectivity index (χ2v) is 5.16. The van der Waals surface area contributed by atoms with Crippen LogP contribution in [0.1, 0.15) is 27.9 Å². The van der Waals surface area contributed by atoms with E-state index in [1.54, 1.807) is 19.1 Å². The minimum atomic E-state index is -0.282. The molecule has 0 atom stereocenters. The quantitative estimate of drug-likeness (QED) is 0.840. The largest absolute Gasteiger partial charge is 0.507 e. The van der Waals surface area contributed by atoms with Crippen LogP contribution >= 0.6 is 11.6 Å². The van der Waals surface area contributed by atoms with Gasteiger partial charge in [-0.3, -0.25) is 4.79 Å². The molecule has 2 N–H and O–H groups in total. The second kappa shape index (κ2) is 5.97. The van der Waals surface area contributed by atoms with Gasteiger partial charge in [-0.25, -0.2) is 0 Å². The van der Waals surface area contributed by atoms with Gasteiger partial charge in [-0.15, -0.1) is 0 Å². The normalized spacial score (nSPS) is 10.5. The van der Waals surface area contributed by atoms with E-state index in [1.165, 1.54) is 12.1 Å². The number of phenolic OH excluding ortho intramolecular Hbond substituents is 2. The number of halogens is 1. The molecule has 0 aromatic heterocycles. The van der Waals surface area contributed by atoms with Crippen LogP contribution in [0.5, 0.6) is 11.5 Å². The number of hydrogen-bond acceptors (Lipinski definition) is 3. The van der Waals surface area contributed by atoms with Crippen LogP contribution in [0.15, 0.2) is 36.4 Å². The SMILES string of the molecule is Cc1cc(O)c(C(=O)CCc2ccc(Cl)cc2)c(O)c1. The molecular weight excluding hydrogens is 276 g/mol. The topological polar surface area (TPSA) is 57.5 Å². The maximum Gasteiger partial charge on any atom is 0.170 e.